The minimum absolute atomic E-state index is 0. The second kappa shape index (κ2) is 12.5. The van der Waals surface area contributed by atoms with Crippen LogP contribution in [0.1, 0.15) is 32.3 Å². The Kier molecular flexibility index (Phi) is 12.1. The van der Waals surface area contributed by atoms with E-state index in [1.807, 2.05) is 6.07 Å². The largest absolute Gasteiger partial charge is 0.348 e. The number of nitrogens with one attached hydrogen (secondary N) is 1. The van der Waals surface area contributed by atoms with E-state index in [1.54, 1.807) is 0 Å². The number of amides is 1. The Balaban J connectivity index is 0.00000312. The summed E-state index contributed by atoms with van der Waals surface area (Å²) in [5.74, 6) is 0.0978. The molecule has 3 N–H and O–H groups in total. The van der Waals surface area contributed by atoms with Crippen LogP contribution in [0.25, 0.3) is 0 Å². The Hall–Kier alpha value is -0.850. The highest BCUT2D eigenvalue weighted by Gasteiger charge is 2.27. The molecule has 0 unspecified atom stereocenters. The zero-order valence-corrected chi connectivity index (χ0v) is 17.6. The SMILES string of the molecule is CCC(CC)(CN)NC(=O)CN1CCN(Cc2ccccc2)CC1.Cl.Cl. The number of piperazine rings is 1. The second-order valence-corrected chi connectivity index (χ2v) is 6.78. The van der Waals surface area contributed by atoms with Crippen LogP contribution >= 0.6 is 24.8 Å². The lowest BCUT2D eigenvalue weighted by Crippen LogP contribution is -2.56. The van der Waals surface area contributed by atoms with Gasteiger partial charge in [-0.25, -0.2) is 0 Å². The third-order valence-electron chi connectivity index (χ3n) is 5.23. The van der Waals surface area contributed by atoms with Gasteiger partial charge in [0, 0.05) is 39.3 Å². The van der Waals surface area contributed by atoms with E-state index in [9.17, 15) is 4.79 Å². The predicted octanol–water partition coefficient (Wildman–Crippen LogP) is 2.28. The van der Waals surface area contributed by atoms with Crippen molar-refractivity contribution in [3.63, 3.8) is 0 Å². The van der Waals surface area contributed by atoms with E-state index in [-0.39, 0.29) is 36.3 Å². The molecule has 1 aromatic carbocycles. The predicted molar refractivity (Wildman–Crippen MR) is 113 cm³/mol. The zero-order chi connectivity index (χ0) is 17.4. The highest BCUT2D eigenvalue weighted by molar-refractivity contribution is 5.85. The molecule has 0 bridgehead atoms. The number of nitrogens with two attached hydrogens (primary N) is 1. The van der Waals surface area contributed by atoms with E-state index >= 15 is 0 Å². The lowest BCUT2D eigenvalue weighted by molar-refractivity contribution is -0.124. The van der Waals surface area contributed by atoms with Gasteiger partial charge in [0.25, 0.3) is 0 Å². The lowest BCUT2D eigenvalue weighted by Gasteiger charge is -2.36. The van der Waals surface area contributed by atoms with Gasteiger partial charge in [0.1, 0.15) is 0 Å². The number of carbonyl (C=O) groups excluding carboxylic acids is 1. The topological polar surface area (TPSA) is 61.6 Å². The third-order valence-corrected chi connectivity index (χ3v) is 5.23. The second-order valence-electron chi connectivity index (χ2n) is 6.78. The third kappa shape index (κ3) is 7.41. The van der Waals surface area contributed by atoms with E-state index in [2.05, 4.69) is 53.2 Å². The van der Waals surface area contributed by atoms with Crippen LogP contribution in [-0.4, -0.2) is 60.5 Å². The molecule has 1 aliphatic rings. The van der Waals surface area contributed by atoms with Gasteiger partial charge in [-0.05, 0) is 18.4 Å². The molecule has 1 amide bonds. The normalized spacial score (nSPS) is 15.7. The minimum atomic E-state index is -0.244. The molecule has 0 spiro atoms. The van der Waals surface area contributed by atoms with E-state index in [1.165, 1.54) is 5.56 Å². The first-order valence-electron chi connectivity index (χ1n) is 9.10. The van der Waals surface area contributed by atoms with Gasteiger partial charge >= 0.3 is 0 Å². The van der Waals surface area contributed by atoms with Crippen molar-refractivity contribution >= 4 is 30.7 Å². The van der Waals surface area contributed by atoms with Gasteiger partial charge in [0.2, 0.25) is 5.91 Å². The number of hydrogen-bond donors (Lipinski definition) is 2. The van der Waals surface area contributed by atoms with Crippen LogP contribution in [0.3, 0.4) is 0 Å². The maximum atomic E-state index is 12.4. The van der Waals surface area contributed by atoms with Crippen molar-refractivity contribution in [3.8, 4) is 0 Å². The average Bonchev–Trinajstić information content (AvgIpc) is 2.62. The lowest BCUT2D eigenvalue weighted by atomic mass is 9.93. The smallest absolute Gasteiger partial charge is 0.234 e. The van der Waals surface area contributed by atoms with Crippen LogP contribution in [0.4, 0.5) is 0 Å². The summed E-state index contributed by atoms with van der Waals surface area (Å²) >= 11 is 0. The number of halogens is 2. The number of nitrogens with zero attached hydrogens (tertiary/aromatic N) is 2. The fraction of sp³-hybridized carbons (Fsp3) is 0.632. The fourth-order valence-electron chi connectivity index (χ4n) is 3.25. The van der Waals surface area contributed by atoms with Crippen LogP contribution < -0.4 is 11.1 Å². The highest BCUT2D eigenvalue weighted by Crippen LogP contribution is 2.13. The summed E-state index contributed by atoms with van der Waals surface area (Å²) in [7, 11) is 0. The summed E-state index contributed by atoms with van der Waals surface area (Å²) in [6.07, 6.45) is 1.74. The molecule has 1 aliphatic heterocycles. The molecule has 7 heteroatoms. The van der Waals surface area contributed by atoms with Crippen molar-refractivity contribution < 1.29 is 4.79 Å². The standard InChI is InChI=1S/C19H32N4O.2ClH/c1-3-19(4-2,16-20)21-18(24)15-23-12-10-22(11-13-23)14-17-8-6-5-7-9-17;;/h5-9H,3-4,10-16,20H2,1-2H3,(H,21,24);2*1H. The molecule has 5 nitrogen and oxygen atoms in total. The summed E-state index contributed by atoms with van der Waals surface area (Å²) in [5.41, 5.74) is 6.97. The van der Waals surface area contributed by atoms with E-state index in [0.717, 1.165) is 45.6 Å². The summed E-state index contributed by atoms with van der Waals surface area (Å²) in [4.78, 5) is 17.0. The van der Waals surface area contributed by atoms with Crippen molar-refractivity contribution in [1.29, 1.82) is 0 Å². The Morgan fingerprint density at radius 2 is 1.58 bits per heavy atom. The van der Waals surface area contributed by atoms with Crippen molar-refractivity contribution in [2.75, 3.05) is 39.3 Å². The van der Waals surface area contributed by atoms with Crippen LogP contribution in [0.5, 0.6) is 0 Å². The Bertz CT molecular complexity index is 495. The molecule has 1 aromatic rings. The van der Waals surface area contributed by atoms with Crippen molar-refractivity contribution in [3.05, 3.63) is 35.9 Å². The molecule has 0 aromatic heterocycles. The number of benzene rings is 1. The first-order chi connectivity index (χ1) is 11.6. The van der Waals surface area contributed by atoms with Crippen LogP contribution in [0.15, 0.2) is 30.3 Å². The molecule has 1 fully saturated rings. The Morgan fingerprint density at radius 3 is 2.08 bits per heavy atom. The number of rotatable bonds is 8. The van der Waals surface area contributed by atoms with E-state index in [0.29, 0.717) is 13.1 Å². The summed E-state index contributed by atoms with van der Waals surface area (Å²) < 4.78 is 0. The fourth-order valence-corrected chi connectivity index (χ4v) is 3.25. The Morgan fingerprint density at radius 1 is 1.04 bits per heavy atom. The summed E-state index contributed by atoms with van der Waals surface area (Å²) in [5, 5.41) is 3.16. The summed E-state index contributed by atoms with van der Waals surface area (Å²) in [6, 6.07) is 10.6. The van der Waals surface area contributed by atoms with Gasteiger partial charge in [-0.1, -0.05) is 44.2 Å². The number of carbonyl (C=O) groups is 1. The highest BCUT2D eigenvalue weighted by atomic mass is 35.5. The van der Waals surface area contributed by atoms with Gasteiger partial charge < -0.3 is 11.1 Å². The van der Waals surface area contributed by atoms with Crippen molar-refractivity contribution in [1.82, 2.24) is 15.1 Å². The first kappa shape index (κ1) is 25.1. The van der Waals surface area contributed by atoms with Crippen LogP contribution in [-0.2, 0) is 11.3 Å². The Labute approximate surface area is 170 Å². The molecule has 0 aliphatic carbocycles. The van der Waals surface area contributed by atoms with Gasteiger partial charge in [-0.2, -0.15) is 0 Å². The van der Waals surface area contributed by atoms with Gasteiger partial charge in [0.15, 0.2) is 0 Å². The molecule has 0 atom stereocenters. The summed E-state index contributed by atoms with van der Waals surface area (Å²) in [6.45, 7) is 10.0. The maximum Gasteiger partial charge on any atom is 0.234 e. The quantitative estimate of drug-likeness (QED) is 0.697. The molecular weight excluding hydrogens is 371 g/mol. The van der Waals surface area contributed by atoms with E-state index < -0.39 is 0 Å². The van der Waals surface area contributed by atoms with Gasteiger partial charge in [0.05, 0.1) is 12.1 Å². The molecule has 0 saturated carbocycles. The van der Waals surface area contributed by atoms with Crippen molar-refractivity contribution in [2.45, 2.75) is 38.8 Å². The van der Waals surface area contributed by atoms with Gasteiger partial charge in [-0.15, -0.1) is 24.8 Å². The van der Waals surface area contributed by atoms with Gasteiger partial charge in [-0.3, -0.25) is 14.6 Å². The number of hydrogen-bond acceptors (Lipinski definition) is 4. The zero-order valence-electron chi connectivity index (χ0n) is 15.9. The molecule has 1 heterocycles. The molecule has 26 heavy (non-hydrogen) atoms. The van der Waals surface area contributed by atoms with E-state index in [4.69, 9.17) is 5.73 Å². The average molecular weight is 405 g/mol. The van der Waals surface area contributed by atoms with Crippen LogP contribution in [0.2, 0.25) is 0 Å². The van der Waals surface area contributed by atoms with Crippen LogP contribution in [0, 0.1) is 0 Å². The maximum absolute atomic E-state index is 12.4. The molecule has 150 valence electrons. The van der Waals surface area contributed by atoms with Crippen molar-refractivity contribution in [2.24, 2.45) is 5.73 Å². The minimum Gasteiger partial charge on any atom is -0.348 e. The monoisotopic (exact) mass is 404 g/mol. The first-order valence-corrected chi connectivity index (χ1v) is 9.10. The molecule has 0 radical (unpaired) electrons. The molecule has 1 saturated heterocycles. The molecular formula is C19H34Cl2N4O. The molecule has 2 rings (SSSR count).